The van der Waals surface area contributed by atoms with E-state index in [9.17, 15) is 0 Å². The minimum absolute atomic E-state index is 0.807. The minimum atomic E-state index is 0.807. The Balaban J connectivity index is 2.18. The third kappa shape index (κ3) is 2.25. The molecule has 2 heteroatoms. The van der Waals surface area contributed by atoms with Crippen LogP contribution in [-0.2, 0) is 0 Å². The predicted molar refractivity (Wildman–Crippen MR) is 66.2 cm³/mol. The molecule has 1 atom stereocenters. The van der Waals surface area contributed by atoms with Crippen LogP contribution in [0.15, 0.2) is 18.2 Å². The van der Waals surface area contributed by atoms with Crippen molar-refractivity contribution < 1.29 is 0 Å². The number of nitrogens with two attached hydrogens (primary N) is 1. The smallest absolute Gasteiger partial charge is 0.0387 e. The molecule has 0 aromatic heterocycles. The Hall–Kier alpha value is -1.18. The van der Waals surface area contributed by atoms with Gasteiger partial charge in [0.15, 0.2) is 0 Å². The summed E-state index contributed by atoms with van der Waals surface area (Å²) in [5.41, 5.74) is 9.30. The van der Waals surface area contributed by atoms with Crippen LogP contribution in [0.25, 0.3) is 0 Å². The van der Waals surface area contributed by atoms with Crippen LogP contribution in [0.4, 0.5) is 11.4 Å². The Morgan fingerprint density at radius 3 is 2.87 bits per heavy atom. The molecule has 0 saturated carbocycles. The van der Waals surface area contributed by atoms with E-state index in [2.05, 4.69) is 36.9 Å². The molecule has 1 unspecified atom stereocenters. The second-order valence-corrected chi connectivity index (χ2v) is 4.73. The Bertz CT molecular complexity index is 346. The summed E-state index contributed by atoms with van der Waals surface area (Å²) >= 11 is 0. The first-order valence-electron chi connectivity index (χ1n) is 5.78. The van der Waals surface area contributed by atoms with Crippen molar-refractivity contribution in [1.82, 2.24) is 0 Å². The first kappa shape index (κ1) is 10.3. The van der Waals surface area contributed by atoms with E-state index in [-0.39, 0.29) is 0 Å². The molecule has 0 spiro atoms. The van der Waals surface area contributed by atoms with Crippen LogP contribution in [0.1, 0.15) is 25.3 Å². The zero-order valence-electron chi connectivity index (χ0n) is 9.66. The van der Waals surface area contributed by atoms with E-state index >= 15 is 0 Å². The van der Waals surface area contributed by atoms with Crippen molar-refractivity contribution in [3.8, 4) is 0 Å². The van der Waals surface area contributed by atoms with E-state index in [1.54, 1.807) is 0 Å². The summed E-state index contributed by atoms with van der Waals surface area (Å²) in [6.07, 6.45) is 2.66. The van der Waals surface area contributed by atoms with Gasteiger partial charge in [0.2, 0.25) is 0 Å². The standard InChI is InChI=1S/C13H20N2/c1-10-4-3-7-15(9-10)12-6-5-11(2)13(14)8-12/h5-6,8,10H,3-4,7,9,14H2,1-2H3. The van der Waals surface area contributed by atoms with E-state index in [0.29, 0.717) is 0 Å². The third-order valence-corrected chi connectivity index (χ3v) is 3.28. The number of hydrogen-bond acceptors (Lipinski definition) is 2. The van der Waals surface area contributed by atoms with Crippen molar-refractivity contribution in [2.24, 2.45) is 5.92 Å². The summed E-state index contributed by atoms with van der Waals surface area (Å²) in [7, 11) is 0. The van der Waals surface area contributed by atoms with Crippen molar-refractivity contribution >= 4 is 11.4 Å². The maximum atomic E-state index is 5.94. The second kappa shape index (κ2) is 4.13. The molecular weight excluding hydrogens is 184 g/mol. The van der Waals surface area contributed by atoms with Gasteiger partial charge in [-0.3, -0.25) is 0 Å². The molecule has 1 aromatic rings. The zero-order valence-corrected chi connectivity index (χ0v) is 9.66. The molecule has 1 fully saturated rings. The molecule has 15 heavy (non-hydrogen) atoms. The van der Waals surface area contributed by atoms with Gasteiger partial charge in [-0.25, -0.2) is 0 Å². The quantitative estimate of drug-likeness (QED) is 0.713. The minimum Gasteiger partial charge on any atom is -0.398 e. The van der Waals surface area contributed by atoms with Crippen molar-refractivity contribution in [3.05, 3.63) is 23.8 Å². The lowest BCUT2D eigenvalue weighted by molar-refractivity contribution is 0.447. The highest BCUT2D eigenvalue weighted by molar-refractivity contribution is 5.59. The summed E-state index contributed by atoms with van der Waals surface area (Å²) in [6, 6.07) is 6.40. The lowest BCUT2D eigenvalue weighted by Gasteiger charge is -2.33. The molecule has 2 N–H and O–H groups in total. The Morgan fingerprint density at radius 2 is 2.20 bits per heavy atom. The van der Waals surface area contributed by atoms with Gasteiger partial charge in [0, 0.05) is 24.5 Å². The summed E-state index contributed by atoms with van der Waals surface area (Å²) in [6.45, 7) is 6.72. The number of nitrogen functional groups attached to an aromatic ring is 1. The SMILES string of the molecule is Cc1ccc(N2CCCC(C)C2)cc1N. The number of anilines is 2. The topological polar surface area (TPSA) is 29.3 Å². The Kier molecular flexibility index (Phi) is 2.85. The van der Waals surface area contributed by atoms with Crippen LogP contribution >= 0.6 is 0 Å². The normalized spacial score (nSPS) is 21.7. The molecule has 1 saturated heterocycles. The molecule has 0 radical (unpaired) electrons. The van der Waals surface area contributed by atoms with Crippen molar-refractivity contribution in [3.63, 3.8) is 0 Å². The highest BCUT2D eigenvalue weighted by Gasteiger charge is 2.16. The zero-order chi connectivity index (χ0) is 10.8. The maximum Gasteiger partial charge on any atom is 0.0387 e. The Labute approximate surface area is 92.1 Å². The van der Waals surface area contributed by atoms with Crippen molar-refractivity contribution in [1.29, 1.82) is 0 Å². The van der Waals surface area contributed by atoms with Crippen LogP contribution in [0.3, 0.4) is 0 Å². The predicted octanol–water partition coefficient (Wildman–Crippen LogP) is 2.81. The second-order valence-electron chi connectivity index (χ2n) is 4.73. The number of hydrogen-bond donors (Lipinski definition) is 1. The first-order valence-corrected chi connectivity index (χ1v) is 5.78. The first-order chi connectivity index (χ1) is 7.16. The van der Waals surface area contributed by atoms with Gasteiger partial charge in [-0.05, 0) is 43.4 Å². The number of piperidine rings is 1. The molecule has 2 rings (SSSR count). The fourth-order valence-electron chi connectivity index (χ4n) is 2.25. The molecule has 1 heterocycles. The van der Waals surface area contributed by atoms with Crippen LogP contribution in [0.5, 0.6) is 0 Å². The average molecular weight is 204 g/mol. The number of rotatable bonds is 1. The van der Waals surface area contributed by atoms with Crippen molar-refractivity contribution in [2.75, 3.05) is 23.7 Å². The van der Waals surface area contributed by atoms with Gasteiger partial charge < -0.3 is 10.6 Å². The maximum absolute atomic E-state index is 5.94. The fourth-order valence-corrected chi connectivity index (χ4v) is 2.25. The molecular formula is C13H20N2. The van der Waals surface area contributed by atoms with Crippen LogP contribution < -0.4 is 10.6 Å². The average Bonchev–Trinajstić information content (AvgIpc) is 2.22. The summed E-state index contributed by atoms with van der Waals surface area (Å²) in [4.78, 5) is 2.45. The van der Waals surface area contributed by atoms with Crippen LogP contribution in [0.2, 0.25) is 0 Å². The molecule has 1 aliphatic rings. The van der Waals surface area contributed by atoms with E-state index in [4.69, 9.17) is 5.73 Å². The lowest BCUT2D eigenvalue weighted by atomic mass is 9.99. The molecule has 0 bridgehead atoms. The van der Waals surface area contributed by atoms with Gasteiger partial charge in [-0.1, -0.05) is 13.0 Å². The summed E-state index contributed by atoms with van der Waals surface area (Å²) in [5.74, 6) is 0.807. The molecule has 1 aromatic carbocycles. The summed E-state index contributed by atoms with van der Waals surface area (Å²) < 4.78 is 0. The highest BCUT2D eigenvalue weighted by Crippen LogP contribution is 2.25. The molecule has 0 amide bonds. The number of benzene rings is 1. The number of aryl methyl sites for hydroxylation is 1. The molecule has 2 nitrogen and oxygen atoms in total. The molecule has 82 valence electrons. The van der Waals surface area contributed by atoms with Crippen molar-refractivity contribution in [2.45, 2.75) is 26.7 Å². The third-order valence-electron chi connectivity index (χ3n) is 3.28. The largest absolute Gasteiger partial charge is 0.398 e. The van der Waals surface area contributed by atoms with Crippen LogP contribution in [-0.4, -0.2) is 13.1 Å². The number of nitrogens with zero attached hydrogens (tertiary/aromatic N) is 1. The molecule has 0 aliphatic carbocycles. The molecule has 1 aliphatic heterocycles. The van der Waals surface area contributed by atoms with E-state index in [1.165, 1.54) is 37.2 Å². The van der Waals surface area contributed by atoms with E-state index in [0.717, 1.165) is 11.6 Å². The monoisotopic (exact) mass is 204 g/mol. The van der Waals surface area contributed by atoms with Gasteiger partial charge in [0.1, 0.15) is 0 Å². The van der Waals surface area contributed by atoms with Crippen LogP contribution in [0, 0.1) is 12.8 Å². The van der Waals surface area contributed by atoms with Gasteiger partial charge in [0.25, 0.3) is 0 Å². The van der Waals surface area contributed by atoms with Gasteiger partial charge in [-0.2, -0.15) is 0 Å². The van der Waals surface area contributed by atoms with Gasteiger partial charge in [-0.15, -0.1) is 0 Å². The van der Waals surface area contributed by atoms with Gasteiger partial charge >= 0.3 is 0 Å². The highest BCUT2D eigenvalue weighted by atomic mass is 15.1. The summed E-state index contributed by atoms with van der Waals surface area (Å²) in [5, 5.41) is 0. The fraction of sp³-hybridized carbons (Fsp3) is 0.538. The lowest BCUT2D eigenvalue weighted by Crippen LogP contribution is -2.34. The Morgan fingerprint density at radius 1 is 1.40 bits per heavy atom. The van der Waals surface area contributed by atoms with E-state index < -0.39 is 0 Å². The van der Waals surface area contributed by atoms with Gasteiger partial charge in [0.05, 0.1) is 0 Å². The van der Waals surface area contributed by atoms with E-state index in [1.807, 2.05) is 0 Å².